The van der Waals surface area contributed by atoms with E-state index in [-0.39, 0.29) is 17.6 Å². The molecule has 1 N–H and O–H groups in total. The number of aliphatic hydroxyl groups is 1. The Morgan fingerprint density at radius 1 is 1.05 bits per heavy atom. The van der Waals surface area contributed by atoms with Gasteiger partial charge in [-0.3, -0.25) is 4.79 Å². The molecule has 118 valence electrons. The molecule has 3 fully saturated rings. The second kappa shape index (κ2) is 5.17. The second-order valence-electron chi connectivity index (χ2n) is 7.21. The smallest absolute Gasteiger partial charge is 0.170 e. The number of Topliss-reactive ketones (excluding diaryl/α,β-unsaturated/α-hetero) is 1. The van der Waals surface area contributed by atoms with Crippen molar-refractivity contribution in [2.24, 2.45) is 5.92 Å². The van der Waals surface area contributed by atoms with Crippen LogP contribution < -0.4 is 0 Å². The van der Waals surface area contributed by atoms with Crippen LogP contribution in [0.1, 0.15) is 62.8 Å². The van der Waals surface area contributed by atoms with Crippen LogP contribution in [0.15, 0.2) is 30.3 Å². The molecule has 0 unspecified atom stereocenters. The lowest BCUT2D eigenvalue weighted by molar-refractivity contribution is -0.248. The van der Waals surface area contributed by atoms with Gasteiger partial charge in [-0.1, -0.05) is 36.8 Å². The summed E-state index contributed by atoms with van der Waals surface area (Å²) < 4.78 is 6.27. The highest BCUT2D eigenvalue weighted by Gasteiger charge is 2.65. The van der Waals surface area contributed by atoms with Crippen molar-refractivity contribution in [3.05, 3.63) is 35.9 Å². The fraction of sp³-hybridized carbons (Fsp3) is 0.632. The van der Waals surface area contributed by atoms with Gasteiger partial charge in [0.05, 0.1) is 0 Å². The van der Waals surface area contributed by atoms with E-state index in [9.17, 15) is 9.90 Å². The van der Waals surface area contributed by atoms with E-state index in [1.807, 2.05) is 18.2 Å². The standard InChI is InChI=1S/C19H24O3/c20-16-11-5-6-12-18(16)17(14-8-2-1-3-9-14)15-10-4-7-13-19(15,21)22-18/h1-3,8-9,15,17,21H,4-7,10-13H2/t15-,17+,18-,19-/m0/s1. The van der Waals surface area contributed by atoms with E-state index in [2.05, 4.69) is 12.1 Å². The Bertz CT molecular complexity index is 569. The van der Waals surface area contributed by atoms with Crippen molar-refractivity contribution in [3.63, 3.8) is 0 Å². The molecule has 4 atom stereocenters. The largest absolute Gasteiger partial charge is 0.365 e. The summed E-state index contributed by atoms with van der Waals surface area (Å²) >= 11 is 0. The predicted octanol–water partition coefficient (Wildman–Crippen LogP) is 3.56. The highest BCUT2D eigenvalue weighted by Crippen LogP contribution is 2.59. The molecule has 4 rings (SSSR count). The number of hydrogen-bond donors (Lipinski definition) is 1. The predicted molar refractivity (Wildman–Crippen MR) is 83.4 cm³/mol. The van der Waals surface area contributed by atoms with Crippen LogP contribution in [0.5, 0.6) is 0 Å². The van der Waals surface area contributed by atoms with Gasteiger partial charge in [0.15, 0.2) is 11.6 Å². The minimum absolute atomic E-state index is 0.00630. The number of benzene rings is 1. The Kier molecular flexibility index (Phi) is 3.39. The third kappa shape index (κ3) is 1.99. The number of hydrogen-bond acceptors (Lipinski definition) is 3. The van der Waals surface area contributed by atoms with E-state index >= 15 is 0 Å². The van der Waals surface area contributed by atoms with Gasteiger partial charge in [0.1, 0.15) is 5.60 Å². The molecular weight excluding hydrogens is 276 g/mol. The van der Waals surface area contributed by atoms with Crippen molar-refractivity contribution in [1.29, 1.82) is 0 Å². The van der Waals surface area contributed by atoms with Gasteiger partial charge in [-0.05, 0) is 37.7 Å². The fourth-order valence-electron chi connectivity index (χ4n) is 5.03. The molecule has 3 nitrogen and oxygen atoms in total. The maximum atomic E-state index is 12.9. The molecule has 2 saturated carbocycles. The molecule has 1 heterocycles. The Labute approximate surface area is 131 Å². The van der Waals surface area contributed by atoms with Crippen molar-refractivity contribution in [1.82, 2.24) is 0 Å². The third-order valence-corrected chi connectivity index (χ3v) is 5.98. The Hall–Kier alpha value is -1.19. The van der Waals surface area contributed by atoms with Gasteiger partial charge < -0.3 is 9.84 Å². The lowest BCUT2D eigenvalue weighted by atomic mass is 9.65. The maximum Gasteiger partial charge on any atom is 0.170 e. The SMILES string of the molecule is O=C1CCCC[C@]12O[C@@]1(O)CCCC[C@H]1[C@H]2c1ccccc1. The van der Waals surface area contributed by atoms with E-state index in [1.54, 1.807) is 0 Å². The normalized spacial score (nSPS) is 41.6. The first-order valence-electron chi connectivity index (χ1n) is 8.66. The van der Waals surface area contributed by atoms with Crippen LogP contribution in [0, 0.1) is 5.92 Å². The topological polar surface area (TPSA) is 46.5 Å². The molecule has 1 aromatic rings. The zero-order chi connectivity index (χ0) is 15.2. The Balaban J connectivity index is 1.83. The van der Waals surface area contributed by atoms with E-state index in [0.717, 1.165) is 44.1 Å². The summed E-state index contributed by atoms with van der Waals surface area (Å²) in [7, 11) is 0. The number of rotatable bonds is 1. The minimum Gasteiger partial charge on any atom is -0.365 e. The van der Waals surface area contributed by atoms with Gasteiger partial charge in [0.25, 0.3) is 0 Å². The zero-order valence-corrected chi connectivity index (χ0v) is 13.0. The number of ether oxygens (including phenoxy) is 1. The van der Waals surface area contributed by atoms with E-state index in [1.165, 1.54) is 0 Å². The molecule has 22 heavy (non-hydrogen) atoms. The summed E-state index contributed by atoms with van der Waals surface area (Å²) in [6.07, 6.45) is 7.02. The first-order chi connectivity index (χ1) is 10.7. The highest BCUT2D eigenvalue weighted by atomic mass is 16.7. The fourth-order valence-corrected chi connectivity index (χ4v) is 5.03. The van der Waals surface area contributed by atoms with Crippen LogP contribution in [0.25, 0.3) is 0 Å². The lowest BCUT2D eigenvalue weighted by Crippen LogP contribution is -2.47. The summed E-state index contributed by atoms with van der Waals surface area (Å²) in [5.41, 5.74) is 0.365. The van der Waals surface area contributed by atoms with Gasteiger partial charge in [0.2, 0.25) is 0 Å². The van der Waals surface area contributed by atoms with Gasteiger partial charge in [-0.25, -0.2) is 0 Å². The quantitative estimate of drug-likeness (QED) is 0.862. The molecule has 3 heteroatoms. The first kappa shape index (κ1) is 14.4. The molecule has 1 spiro atoms. The van der Waals surface area contributed by atoms with Crippen LogP contribution in [-0.4, -0.2) is 22.3 Å². The van der Waals surface area contributed by atoms with Crippen molar-refractivity contribution in [2.45, 2.75) is 68.7 Å². The molecule has 0 radical (unpaired) electrons. The van der Waals surface area contributed by atoms with Crippen LogP contribution in [0.2, 0.25) is 0 Å². The molecule has 0 bridgehead atoms. The van der Waals surface area contributed by atoms with Gasteiger partial charge in [-0.15, -0.1) is 0 Å². The Morgan fingerprint density at radius 2 is 1.82 bits per heavy atom. The first-order valence-corrected chi connectivity index (χ1v) is 8.66. The van der Waals surface area contributed by atoms with Crippen LogP contribution >= 0.6 is 0 Å². The van der Waals surface area contributed by atoms with Gasteiger partial charge in [0, 0.05) is 24.7 Å². The zero-order valence-electron chi connectivity index (χ0n) is 13.0. The molecule has 0 aromatic heterocycles. The van der Waals surface area contributed by atoms with Crippen molar-refractivity contribution in [2.75, 3.05) is 0 Å². The minimum atomic E-state index is -1.11. The highest BCUT2D eigenvalue weighted by molar-refractivity contribution is 5.90. The molecule has 1 saturated heterocycles. The summed E-state index contributed by atoms with van der Waals surface area (Å²) in [4.78, 5) is 12.9. The van der Waals surface area contributed by atoms with E-state index in [0.29, 0.717) is 12.8 Å². The van der Waals surface area contributed by atoms with Crippen molar-refractivity contribution < 1.29 is 14.6 Å². The van der Waals surface area contributed by atoms with Crippen molar-refractivity contribution in [3.8, 4) is 0 Å². The van der Waals surface area contributed by atoms with Crippen LogP contribution in [0.4, 0.5) is 0 Å². The van der Waals surface area contributed by atoms with E-state index < -0.39 is 11.4 Å². The molecule has 0 amide bonds. The average molecular weight is 300 g/mol. The Morgan fingerprint density at radius 3 is 2.59 bits per heavy atom. The van der Waals surface area contributed by atoms with Crippen LogP contribution in [-0.2, 0) is 9.53 Å². The number of fused-ring (bicyclic) bond motifs is 1. The van der Waals surface area contributed by atoms with Crippen molar-refractivity contribution >= 4 is 5.78 Å². The maximum absolute atomic E-state index is 12.9. The monoisotopic (exact) mass is 300 g/mol. The summed E-state index contributed by atoms with van der Waals surface area (Å²) in [5.74, 6) is -0.848. The number of carbonyl (C=O) groups excluding carboxylic acids is 1. The summed E-state index contributed by atoms with van der Waals surface area (Å²) in [6.45, 7) is 0. The summed E-state index contributed by atoms with van der Waals surface area (Å²) in [6, 6.07) is 10.2. The molecule has 3 aliphatic rings. The number of ketones is 1. The lowest BCUT2D eigenvalue weighted by Gasteiger charge is -2.37. The number of carbonyl (C=O) groups is 1. The molecular formula is C19H24O3. The van der Waals surface area contributed by atoms with Gasteiger partial charge in [-0.2, -0.15) is 0 Å². The second-order valence-corrected chi connectivity index (χ2v) is 7.21. The molecule has 2 aliphatic carbocycles. The van der Waals surface area contributed by atoms with E-state index in [4.69, 9.17) is 4.74 Å². The molecule has 1 aliphatic heterocycles. The average Bonchev–Trinajstić information content (AvgIpc) is 2.80. The summed E-state index contributed by atoms with van der Waals surface area (Å²) in [5, 5.41) is 11.1. The van der Waals surface area contributed by atoms with Gasteiger partial charge >= 0.3 is 0 Å². The molecule has 1 aromatic carbocycles. The third-order valence-electron chi connectivity index (χ3n) is 5.98. The van der Waals surface area contributed by atoms with Crippen LogP contribution in [0.3, 0.4) is 0 Å².